The quantitative estimate of drug-likeness (QED) is 0.872. The molecule has 0 radical (unpaired) electrons. The van der Waals surface area contributed by atoms with Gasteiger partial charge < -0.3 is 0 Å². The maximum absolute atomic E-state index is 12.6. The topological polar surface area (TPSA) is 52.0 Å². The lowest BCUT2D eigenvalue weighted by atomic mass is 9.87. The Labute approximate surface area is 125 Å². The zero-order valence-corrected chi connectivity index (χ0v) is 13.0. The standard InChI is InChI=1S/C16H20N2O2S/c1-13-7-9-15(10-8-13)21(19,20)18-11-16(17-12-18)14-5-3-2-4-6-14/h7-12,14H,2-6H2,1H3. The number of hydrogen-bond acceptors (Lipinski definition) is 3. The van der Waals surface area contributed by atoms with Crippen LogP contribution in [0.1, 0.15) is 49.3 Å². The van der Waals surface area contributed by atoms with E-state index in [1.165, 1.54) is 29.6 Å². The first-order chi connectivity index (χ1) is 10.1. The number of nitrogens with zero attached hydrogens (tertiary/aromatic N) is 2. The van der Waals surface area contributed by atoms with Gasteiger partial charge in [0, 0.05) is 12.1 Å². The molecule has 0 unspecified atom stereocenters. The predicted molar refractivity (Wildman–Crippen MR) is 81.8 cm³/mol. The van der Waals surface area contributed by atoms with Crippen molar-refractivity contribution in [2.24, 2.45) is 0 Å². The van der Waals surface area contributed by atoms with E-state index in [9.17, 15) is 8.42 Å². The fraction of sp³-hybridized carbons (Fsp3) is 0.438. The summed E-state index contributed by atoms with van der Waals surface area (Å²) >= 11 is 0. The van der Waals surface area contributed by atoms with Crippen LogP contribution in [0.25, 0.3) is 0 Å². The molecule has 0 bridgehead atoms. The second kappa shape index (κ2) is 5.64. The Morgan fingerprint density at radius 3 is 2.43 bits per heavy atom. The van der Waals surface area contributed by atoms with Crippen LogP contribution < -0.4 is 0 Å². The minimum Gasteiger partial charge on any atom is -0.240 e. The van der Waals surface area contributed by atoms with E-state index in [2.05, 4.69) is 4.98 Å². The van der Waals surface area contributed by atoms with Gasteiger partial charge in [0.2, 0.25) is 0 Å². The van der Waals surface area contributed by atoms with Crippen molar-refractivity contribution in [2.45, 2.75) is 49.8 Å². The minimum atomic E-state index is -3.52. The molecule has 1 aliphatic rings. The van der Waals surface area contributed by atoms with Gasteiger partial charge in [0.1, 0.15) is 6.33 Å². The van der Waals surface area contributed by atoms with Gasteiger partial charge in [0.15, 0.2) is 0 Å². The summed E-state index contributed by atoms with van der Waals surface area (Å²) in [6, 6.07) is 6.91. The molecule has 0 spiro atoms. The molecule has 1 heterocycles. The first kappa shape index (κ1) is 14.3. The Morgan fingerprint density at radius 2 is 1.76 bits per heavy atom. The normalized spacial score (nSPS) is 17.0. The van der Waals surface area contributed by atoms with Crippen molar-refractivity contribution in [3.63, 3.8) is 0 Å². The number of benzene rings is 1. The van der Waals surface area contributed by atoms with Crippen molar-refractivity contribution in [2.75, 3.05) is 0 Å². The van der Waals surface area contributed by atoms with Gasteiger partial charge in [-0.15, -0.1) is 0 Å². The van der Waals surface area contributed by atoms with Gasteiger partial charge >= 0.3 is 0 Å². The van der Waals surface area contributed by atoms with Gasteiger partial charge in [-0.1, -0.05) is 37.0 Å². The van der Waals surface area contributed by atoms with E-state index in [-0.39, 0.29) is 0 Å². The van der Waals surface area contributed by atoms with E-state index in [0.717, 1.165) is 24.1 Å². The molecule has 1 saturated carbocycles. The number of imidazole rings is 1. The monoisotopic (exact) mass is 304 g/mol. The molecule has 1 fully saturated rings. The van der Waals surface area contributed by atoms with Crippen molar-refractivity contribution in [3.05, 3.63) is 48.0 Å². The van der Waals surface area contributed by atoms with Gasteiger partial charge in [-0.3, -0.25) is 0 Å². The van der Waals surface area contributed by atoms with Crippen molar-refractivity contribution >= 4 is 10.0 Å². The van der Waals surface area contributed by atoms with Gasteiger partial charge in [0.05, 0.1) is 10.6 Å². The highest BCUT2D eigenvalue weighted by Gasteiger charge is 2.21. The Kier molecular flexibility index (Phi) is 3.85. The van der Waals surface area contributed by atoms with E-state index in [1.54, 1.807) is 18.3 Å². The third-order valence-electron chi connectivity index (χ3n) is 4.20. The van der Waals surface area contributed by atoms with E-state index >= 15 is 0 Å². The van der Waals surface area contributed by atoms with E-state index in [1.807, 2.05) is 19.1 Å². The summed E-state index contributed by atoms with van der Waals surface area (Å²) in [5, 5.41) is 0. The highest BCUT2D eigenvalue weighted by Crippen LogP contribution is 2.31. The number of rotatable bonds is 3. The Morgan fingerprint density at radius 1 is 1.10 bits per heavy atom. The summed E-state index contributed by atoms with van der Waals surface area (Å²) in [6.07, 6.45) is 9.04. The molecule has 21 heavy (non-hydrogen) atoms. The third-order valence-corrected chi connectivity index (χ3v) is 5.82. The van der Waals surface area contributed by atoms with Gasteiger partial charge in [-0.25, -0.2) is 17.4 Å². The number of hydrogen-bond donors (Lipinski definition) is 0. The minimum absolute atomic E-state index is 0.306. The van der Waals surface area contributed by atoms with Crippen LogP contribution in [0.2, 0.25) is 0 Å². The largest absolute Gasteiger partial charge is 0.268 e. The van der Waals surface area contributed by atoms with Crippen LogP contribution in [-0.2, 0) is 10.0 Å². The average Bonchev–Trinajstić information content (AvgIpc) is 2.99. The van der Waals surface area contributed by atoms with E-state index in [0.29, 0.717) is 10.8 Å². The molecule has 0 atom stereocenters. The molecule has 1 aromatic heterocycles. The van der Waals surface area contributed by atoms with Gasteiger partial charge in [-0.05, 0) is 31.9 Å². The molecule has 0 saturated heterocycles. The molecule has 0 amide bonds. The molecule has 0 aliphatic heterocycles. The van der Waals surface area contributed by atoms with Crippen LogP contribution in [0, 0.1) is 6.92 Å². The molecule has 4 nitrogen and oxygen atoms in total. The molecular weight excluding hydrogens is 284 g/mol. The SMILES string of the molecule is Cc1ccc(S(=O)(=O)n2cnc(C3CCCCC3)c2)cc1. The Hall–Kier alpha value is -1.62. The van der Waals surface area contributed by atoms with Crippen LogP contribution in [0.5, 0.6) is 0 Å². The molecule has 1 aliphatic carbocycles. The van der Waals surface area contributed by atoms with Crippen molar-refractivity contribution < 1.29 is 8.42 Å². The van der Waals surface area contributed by atoms with Crippen LogP contribution in [0.4, 0.5) is 0 Å². The second-order valence-corrected chi connectivity index (χ2v) is 7.62. The first-order valence-corrected chi connectivity index (χ1v) is 8.87. The highest BCUT2D eigenvalue weighted by atomic mass is 32.2. The van der Waals surface area contributed by atoms with Crippen molar-refractivity contribution in [1.29, 1.82) is 0 Å². The number of aromatic nitrogens is 2. The zero-order valence-electron chi connectivity index (χ0n) is 12.2. The van der Waals surface area contributed by atoms with Crippen LogP contribution in [0.15, 0.2) is 41.7 Å². The molecular formula is C16H20N2O2S. The Bertz CT molecular complexity index is 711. The van der Waals surface area contributed by atoms with Crippen molar-refractivity contribution in [3.8, 4) is 0 Å². The molecule has 1 aromatic carbocycles. The third kappa shape index (κ3) is 2.88. The summed E-state index contributed by atoms with van der Waals surface area (Å²) in [6.45, 7) is 1.94. The molecule has 0 N–H and O–H groups in total. The fourth-order valence-corrected chi connectivity index (χ4v) is 4.03. The average molecular weight is 304 g/mol. The Balaban J connectivity index is 1.89. The van der Waals surface area contributed by atoms with E-state index in [4.69, 9.17) is 0 Å². The van der Waals surface area contributed by atoms with Gasteiger partial charge in [-0.2, -0.15) is 0 Å². The molecule has 3 rings (SSSR count). The summed E-state index contributed by atoms with van der Waals surface area (Å²) in [7, 11) is -3.52. The van der Waals surface area contributed by atoms with Crippen LogP contribution in [-0.4, -0.2) is 17.4 Å². The second-order valence-electron chi connectivity index (χ2n) is 5.78. The maximum Gasteiger partial charge on any atom is 0.268 e. The molecule has 5 heteroatoms. The van der Waals surface area contributed by atoms with Gasteiger partial charge in [0.25, 0.3) is 10.0 Å². The lowest BCUT2D eigenvalue weighted by Gasteiger charge is -2.19. The summed E-state index contributed by atoms with van der Waals surface area (Å²) < 4.78 is 26.4. The summed E-state index contributed by atoms with van der Waals surface area (Å²) in [5.74, 6) is 0.410. The number of aryl methyl sites for hydroxylation is 1. The zero-order chi connectivity index (χ0) is 14.9. The van der Waals surface area contributed by atoms with Crippen molar-refractivity contribution in [1.82, 2.24) is 8.96 Å². The fourth-order valence-electron chi connectivity index (χ4n) is 2.89. The van der Waals surface area contributed by atoms with Crippen LogP contribution in [0.3, 0.4) is 0 Å². The summed E-state index contributed by atoms with van der Waals surface area (Å²) in [5.41, 5.74) is 1.95. The maximum atomic E-state index is 12.6. The summed E-state index contributed by atoms with van der Waals surface area (Å²) in [4.78, 5) is 4.64. The lowest BCUT2D eigenvalue weighted by Crippen LogP contribution is -2.11. The lowest BCUT2D eigenvalue weighted by molar-refractivity contribution is 0.437. The van der Waals surface area contributed by atoms with Crippen LogP contribution >= 0.6 is 0 Å². The smallest absolute Gasteiger partial charge is 0.240 e. The predicted octanol–water partition coefficient (Wildman–Crippen LogP) is 3.48. The highest BCUT2D eigenvalue weighted by molar-refractivity contribution is 7.90. The molecule has 112 valence electrons. The molecule has 2 aromatic rings. The first-order valence-electron chi connectivity index (χ1n) is 7.43. The van der Waals surface area contributed by atoms with E-state index < -0.39 is 10.0 Å².